The standard InChI is InChI=1S/C12H16FNO2/c1-3-12(11(15)16,14-4-2)9-5-7-10(13)8-6-9/h5-8,14H,3-4H2,1-2H3,(H,15,16). The normalized spacial score (nSPS) is 14.4. The third-order valence-electron chi connectivity index (χ3n) is 2.71. The summed E-state index contributed by atoms with van der Waals surface area (Å²) in [6.07, 6.45) is 0.405. The number of carboxylic acids is 1. The fraction of sp³-hybridized carbons (Fsp3) is 0.417. The Labute approximate surface area is 94.3 Å². The Hall–Kier alpha value is -1.42. The fourth-order valence-electron chi connectivity index (χ4n) is 1.82. The summed E-state index contributed by atoms with van der Waals surface area (Å²) in [5, 5.41) is 12.3. The van der Waals surface area contributed by atoms with Crippen molar-refractivity contribution in [2.24, 2.45) is 0 Å². The van der Waals surface area contributed by atoms with E-state index in [-0.39, 0.29) is 5.82 Å². The van der Waals surface area contributed by atoms with E-state index in [0.29, 0.717) is 18.5 Å². The Morgan fingerprint density at radius 3 is 2.31 bits per heavy atom. The van der Waals surface area contributed by atoms with Crippen molar-refractivity contribution in [1.29, 1.82) is 0 Å². The molecule has 0 aliphatic rings. The molecule has 88 valence electrons. The van der Waals surface area contributed by atoms with E-state index in [0.717, 1.165) is 0 Å². The number of rotatable bonds is 5. The predicted molar refractivity (Wildman–Crippen MR) is 59.7 cm³/mol. The molecule has 0 amide bonds. The molecule has 1 rings (SSSR count). The van der Waals surface area contributed by atoms with Crippen LogP contribution in [0.25, 0.3) is 0 Å². The summed E-state index contributed by atoms with van der Waals surface area (Å²) in [6.45, 7) is 4.18. The highest BCUT2D eigenvalue weighted by atomic mass is 19.1. The second kappa shape index (κ2) is 5.07. The third-order valence-corrected chi connectivity index (χ3v) is 2.71. The van der Waals surface area contributed by atoms with E-state index in [1.54, 1.807) is 6.92 Å². The first kappa shape index (κ1) is 12.6. The number of halogens is 1. The molecular formula is C12H16FNO2. The van der Waals surface area contributed by atoms with Gasteiger partial charge in [-0.25, -0.2) is 9.18 Å². The molecular weight excluding hydrogens is 209 g/mol. The maximum Gasteiger partial charge on any atom is 0.328 e. The minimum atomic E-state index is -1.12. The van der Waals surface area contributed by atoms with E-state index in [4.69, 9.17) is 0 Å². The van der Waals surface area contributed by atoms with Gasteiger partial charge in [0.1, 0.15) is 11.4 Å². The smallest absolute Gasteiger partial charge is 0.328 e. The topological polar surface area (TPSA) is 49.3 Å². The van der Waals surface area contributed by atoms with E-state index < -0.39 is 11.5 Å². The molecule has 0 aliphatic carbocycles. The summed E-state index contributed by atoms with van der Waals surface area (Å²) in [5.74, 6) is -1.31. The molecule has 16 heavy (non-hydrogen) atoms. The molecule has 0 fully saturated rings. The van der Waals surface area contributed by atoms with Gasteiger partial charge in [-0.05, 0) is 30.7 Å². The molecule has 3 nitrogen and oxygen atoms in total. The van der Waals surface area contributed by atoms with E-state index in [9.17, 15) is 14.3 Å². The highest BCUT2D eigenvalue weighted by Crippen LogP contribution is 2.25. The maximum absolute atomic E-state index is 12.8. The van der Waals surface area contributed by atoms with Crippen LogP contribution in [0.3, 0.4) is 0 Å². The lowest BCUT2D eigenvalue weighted by molar-refractivity contribution is -0.145. The Morgan fingerprint density at radius 1 is 1.38 bits per heavy atom. The summed E-state index contributed by atoms with van der Waals surface area (Å²) >= 11 is 0. The van der Waals surface area contributed by atoms with Crippen molar-refractivity contribution in [2.45, 2.75) is 25.8 Å². The lowest BCUT2D eigenvalue weighted by atomic mass is 9.87. The van der Waals surface area contributed by atoms with Gasteiger partial charge in [-0.2, -0.15) is 0 Å². The lowest BCUT2D eigenvalue weighted by Crippen LogP contribution is -2.48. The average Bonchev–Trinajstić information content (AvgIpc) is 2.27. The molecule has 0 bridgehead atoms. The van der Waals surface area contributed by atoms with Crippen LogP contribution in [0.4, 0.5) is 4.39 Å². The molecule has 0 heterocycles. The monoisotopic (exact) mass is 225 g/mol. The van der Waals surface area contributed by atoms with Gasteiger partial charge < -0.3 is 5.11 Å². The van der Waals surface area contributed by atoms with Crippen LogP contribution in [0, 0.1) is 5.82 Å². The second-order valence-electron chi connectivity index (χ2n) is 3.60. The molecule has 1 aromatic carbocycles. The van der Waals surface area contributed by atoms with Crippen molar-refractivity contribution in [2.75, 3.05) is 6.54 Å². The van der Waals surface area contributed by atoms with Crippen molar-refractivity contribution in [3.8, 4) is 0 Å². The van der Waals surface area contributed by atoms with Gasteiger partial charge >= 0.3 is 5.97 Å². The Balaban J connectivity index is 3.18. The van der Waals surface area contributed by atoms with Crippen LogP contribution in [0.1, 0.15) is 25.8 Å². The van der Waals surface area contributed by atoms with Crippen LogP contribution in [0.15, 0.2) is 24.3 Å². The van der Waals surface area contributed by atoms with E-state index >= 15 is 0 Å². The minimum Gasteiger partial charge on any atom is -0.480 e. The number of hydrogen-bond donors (Lipinski definition) is 2. The lowest BCUT2D eigenvalue weighted by Gasteiger charge is -2.29. The Bertz CT molecular complexity index is 364. The number of hydrogen-bond acceptors (Lipinski definition) is 2. The maximum atomic E-state index is 12.8. The second-order valence-corrected chi connectivity index (χ2v) is 3.60. The summed E-state index contributed by atoms with van der Waals surface area (Å²) in [6, 6.07) is 5.57. The van der Waals surface area contributed by atoms with Crippen molar-refractivity contribution in [3.05, 3.63) is 35.6 Å². The molecule has 1 unspecified atom stereocenters. The largest absolute Gasteiger partial charge is 0.480 e. The van der Waals surface area contributed by atoms with Crippen molar-refractivity contribution < 1.29 is 14.3 Å². The highest BCUT2D eigenvalue weighted by Gasteiger charge is 2.37. The molecule has 0 aromatic heterocycles. The van der Waals surface area contributed by atoms with Gasteiger partial charge in [-0.3, -0.25) is 5.32 Å². The van der Waals surface area contributed by atoms with E-state index in [1.807, 2.05) is 6.92 Å². The van der Waals surface area contributed by atoms with Crippen LogP contribution in [0.5, 0.6) is 0 Å². The Morgan fingerprint density at radius 2 is 1.94 bits per heavy atom. The quantitative estimate of drug-likeness (QED) is 0.807. The molecule has 2 N–H and O–H groups in total. The van der Waals surface area contributed by atoms with Crippen LogP contribution in [-0.4, -0.2) is 17.6 Å². The summed E-state index contributed by atoms with van der Waals surface area (Å²) in [4.78, 5) is 11.4. The van der Waals surface area contributed by atoms with Gasteiger partial charge in [0, 0.05) is 0 Å². The van der Waals surface area contributed by atoms with Gasteiger partial charge in [0.25, 0.3) is 0 Å². The average molecular weight is 225 g/mol. The van der Waals surface area contributed by atoms with Crippen molar-refractivity contribution in [3.63, 3.8) is 0 Å². The van der Waals surface area contributed by atoms with Crippen LogP contribution < -0.4 is 5.32 Å². The van der Waals surface area contributed by atoms with E-state index in [2.05, 4.69) is 5.32 Å². The molecule has 1 aromatic rings. The van der Waals surface area contributed by atoms with Gasteiger partial charge in [0.15, 0.2) is 0 Å². The van der Waals surface area contributed by atoms with Crippen LogP contribution >= 0.6 is 0 Å². The first-order chi connectivity index (χ1) is 7.56. The number of carbonyl (C=O) groups is 1. The van der Waals surface area contributed by atoms with Crippen LogP contribution in [-0.2, 0) is 10.3 Å². The van der Waals surface area contributed by atoms with Crippen molar-refractivity contribution >= 4 is 5.97 Å². The molecule has 0 spiro atoms. The number of carboxylic acid groups (broad SMARTS) is 1. The van der Waals surface area contributed by atoms with Gasteiger partial charge in [0.05, 0.1) is 0 Å². The number of likely N-dealkylation sites (N-methyl/N-ethyl adjacent to an activating group) is 1. The number of nitrogens with one attached hydrogen (secondary N) is 1. The van der Waals surface area contributed by atoms with Gasteiger partial charge in [0.2, 0.25) is 0 Å². The van der Waals surface area contributed by atoms with Crippen LogP contribution in [0.2, 0.25) is 0 Å². The molecule has 0 saturated heterocycles. The summed E-state index contributed by atoms with van der Waals surface area (Å²) in [7, 11) is 0. The van der Waals surface area contributed by atoms with Gasteiger partial charge in [-0.15, -0.1) is 0 Å². The SMILES string of the molecule is CCNC(CC)(C(=O)O)c1ccc(F)cc1. The molecule has 0 radical (unpaired) electrons. The Kier molecular flexibility index (Phi) is 4.01. The summed E-state index contributed by atoms with van der Waals surface area (Å²) in [5.41, 5.74) is -0.548. The molecule has 4 heteroatoms. The third kappa shape index (κ3) is 2.22. The van der Waals surface area contributed by atoms with E-state index in [1.165, 1.54) is 24.3 Å². The first-order valence-corrected chi connectivity index (χ1v) is 5.31. The molecule has 0 aliphatic heterocycles. The molecule has 1 atom stereocenters. The fourth-order valence-corrected chi connectivity index (χ4v) is 1.82. The highest BCUT2D eigenvalue weighted by molar-refractivity contribution is 5.80. The zero-order valence-corrected chi connectivity index (χ0v) is 9.46. The molecule has 0 saturated carbocycles. The predicted octanol–water partition coefficient (Wildman–Crippen LogP) is 2.13. The van der Waals surface area contributed by atoms with Gasteiger partial charge in [-0.1, -0.05) is 26.0 Å². The summed E-state index contributed by atoms with van der Waals surface area (Å²) < 4.78 is 12.8. The van der Waals surface area contributed by atoms with Crippen molar-refractivity contribution in [1.82, 2.24) is 5.32 Å². The minimum absolute atomic E-state index is 0.365. The zero-order chi connectivity index (χ0) is 12.2. The first-order valence-electron chi connectivity index (χ1n) is 5.31. The number of benzene rings is 1. The zero-order valence-electron chi connectivity index (χ0n) is 9.46. The number of aliphatic carboxylic acids is 1.